The van der Waals surface area contributed by atoms with E-state index in [1.165, 1.54) is 0 Å². The van der Waals surface area contributed by atoms with Gasteiger partial charge in [-0.15, -0.1) is 0 Å². The molecule has 2 aromatic heterocycles. The first-order valence-corrected chi connectivity index (χ1v) is 7.68. The minimum atomic E-state index is 0.342. The van der Waals surface area contributed by atoms with Crippen LogP contribution in [0.5, 0.6) is 0 Å². The van der Waals surface area contributed by atoms with E-state index in [2.05, 4.69) is 16.7 Å². The number of allylic oxidation sites excluding steroid dienone is 5. The van der Waals surface area contributed by atoms with Gasteiger partial charge < -0.3 is 15.7 Å². The van der Waals surface area contributed by atoms with Gasteiger partial charge in [-0.1, -0.05) is 36.0 Å². The first-order valence-electron chi connectivity index (χ1n) is 7.68. The van der Waals surface area contributed by atoms with Crippen LogP contribution in [-0.4, -0.2) is 15.9 Å². The summed E-state index contributed by atoms with van der Waals surface area (Å²) < 4.78 is 5.22. The first kappa shape index (κ1) is 17.4. The molecule has 0 aliphatic rings. The van der Waals surface area contributed by atoms with Crippen molar-refractivity contribution in [1.29, 1.82) is 5.41 Å². The van der Waals surface area contributed by atoms with Crippen molar-refractivity contribution in [1.82, 2.24) is 10.1 Å². The summed E-state index contributed by atoms with van der Waals surface area (Å²) in [7, 11) is 0. The minimum absolute atomic E-state index is 0.342. The van der Waals surface area contributed by atoms with Crippen molar-refractivity contribution in [3.63, 3.8) is 0 Å². The fraction of sp³-hybridized carbons (Fsp3) is 0.211. The van der Waals surface area contributed by atoms with Gasteiger partial charge in [0.05, 0.1) is 5.69 Å². The Morgan fingerprint density at radius 3 is 2.75 bits per heavy atom. The number of hydrogen-bond acceptors (Lipinski definition) is 5. The lowest BCUT2D eigenvalue weighted by molar-refractivity contribution is 0.393. The van der Waals surface area contributed by atoms with Crippen LogP contribution in [0.1, 0.15) is 30.4 Å². The second-order valence-corrected chi connectivity index (χ2v) is 5.49. The van der Waals surface area contributed by atoms with Crippen LogP contribution in [0.25, 0.3) is 11.1 Å². The van der Waals surface area contributed by atoms with E-state index in [9.17, 15) is 0 Å². The van der Waals surface area contributed by atoms with Gasteiger partial charge in [0.2, 0.25) is 0 Å². The van der Waals surface area contributed by atoms with Crippen molar-refractivity contribution in [2.45, 2.75) is 27.2 Å². The van der Waals surface area contributed by atoms with Crippen LogP contribution in [0.4, 0.5) is 5.82 Å². The van der Waals surface area contributed by atoms with Gasteiger partial charge in [-0.05, 0) is 32.4 Å². The lowest BCUT2D eigenvalue weighted by Crippen LogP contribution is -2.07. The third-order valence-corrected chi connectivity index (χ3v) is 3.66. The quantitative estimate of drug-likeness (QED) is 0.610. The van der Waals surface area contributed by atoms with Crippen LogP contribution in [0.2, 0.25) is 0 Å². The average molecular weight is 322 g/mol. The number of nitrogen functional groups attached to an aromatic ring is 1. The number of aryl methyl sites for hydroxylation is 2. The van der Waals surface area contributed by atoms with E-state index in [1.54, 1.807) is 12.3 Å². The van der Waals surface area contributed by atoms with E-state index in [0.717, 1.165) is 28.2 Å². The molecular weight excluding hydrogens is 300 g/mol. The topological polar surface area (TPSA) is 88.8 Å². The SMILES string of the molecule is C=C/C=C(\C=C/C)CC(=N)c1cc(-c2c(C)noc2C)cnc1N. The van der Waals surface area contributed by atoms with Crippen molar-refractivity contribution in [3.8, 4) is 11.1 Å². The number of nitrogens with one attached hydrogen (secondary N) is 1. The normalized spacial score (nSPS) is 11.9. The fourth-order valence-corrected chi connectivity index (χ4v) is 2.59. The van der Waals surface area contributed by atoms with Crippen molar-refractivity contribution < 1.29 is 4.52 Å². The number of nitrogens with two attached hydrogens (primary N) is 1. The molecule has 0 aliphatic heterocycles. The third-order valence-electron chi connectivity index (χ3n) is 3.66. The molecule has 0 spiro atoms. The maximum Gasteiger partial charge on any atom is 0.141 e. The molecular formula is C19H22N4O. The van der Waals surface area contributed by atoms with Gasteiger partial charge in [0.1, 0.15) is 11.6 Å². The Labute approximate surface area is 142 Å². The number of aromatic nitrogens is 2. The zero-order valence-electron chi connectivity index (χ0n) is 14.3. The second-order valence-electron chi connectivity index (χ2n) is 5.49. The smallest absolute Gasteiger partial charge is 0.141 e. The molecule has 0 radical (unpaired) electrons. The number of hydrogen-bond donors (Lipinski definition) is 2. The molecule has 5 heteroatoms. The zero-order chi connectivity index (χ0) is 17.7. The van der Waals surface area contributed by atoms with E-state index in [-0.39, 0.29) is 0 Å². The van der Waals surface area contributed by atoms with Crippen LogP contribution in [0, 0.1) is 19.3 Å². The monoisotopic (exact) mass is 322 g/mol. The Balaban J connectivity index is 2.40. The molecule has 0 aliphatic carbocycles. The molecule has 0 saturated heterocycles. The molecule has 2 rings (SSSR count). The highest BCUT2D eigenvalue weighted by molar-refractivity contribution is 6.04. The molecule has 2 heterocycles. The van der Waals surface area contributed by atoms with Crippen LogP contribution in [0.3, 0.4) is 0 Å². The number of pyridine rings is 1. The van der Waals surface area contributed by atoms with Crippen LogP contribution in [0.15, 0.2) is 53.2 Å². The first-order chi connectivity index (χ1) is 11.5. The van der Waals surface area contributed by atoms with Gasteiger partial charge in [-0.25, -0.2) is 4.98 Å². The number of nitrogens with zero attached hydrogens (tertiary/aromatic N) is 2. The highest BCUT2D eigenvalue weighted by Crippen LogP contribution is 2.29. The highest BCUT2D eigenvalue weighted by atomic mass is 16.5. The standard InChI is InChI=1S/C19H22N4O/c1-5-7-14(8-6-2)9-17(20)16-10-15(11-22-19(16)21)18-12(3)23-24-13(18)4/h5-8,10-11,20H,1,9H2,2-4H3,(H2,21,22)/b8-6-,14-7+,20-17?. The van der Waals surface area contributed by atoms with Crippen molar-refractivity contribution in [2.24, 2.45) is 0 Å². The lowest BCUT2D eigenvalue weighted by atomic mass is 9.98. The van der Waals surface area contributed by atoms with Crippen molar-refractivity contribution in [3.05, 3.63) is 65.7 Å². The summed E-state index contributed by atoms with van der Waals surface area (Å²) in [6, 6.07) is 1.87. The van der Waals surface area contributed by atoms with E-state index < -0.39 is 0 Å². The fourth-order valence-electron chi connectivity index (χ4n) is 2.59. The Kier molecular flexibility index (Phi) is 5.47. The lowest BCUT2D eigenvalue weighted by Gasteiger charge is -2.10. The largest absolute Gasteiger partial charge is 0.383 e. The van der Waals surface area contributed by atoms with E-state index in [1.807, 2.05) is 45.1 Å². The summed E-state index contributed by atoms with van der Waals surface area (Å²) in [5, 5.41) is 12.4. The summed E-state index contributed by atoms with van der Waals surface area (Å²) in [6.45, 7) is 9.39. The number of rotatable bonds is 6. The summed E-state index contributed by atoms with van der Waals surface area (Å²) >= 11 is 0. The summed E-state index contributed by atoms with van der Waals surface area (Å²) in [5.74, 6) is 1.06. The van der Waals surface area contributed by atoms with Gasteiger partial charge in [-0.2, -0.15) is 0 Å². The predicted molar refractivity (Wildman–Crippen MR) is 98.2 cm³/mol. The third kappa shape index (κ3) is 3.68. The van der Waals surface area contributed by atoms with Gasteiger partial charge >= 0.3 is 0 Å². The molecule has 0 amide bonds. The molecule has 0 fully saturated rings. The molecule has 124 valence electrons. The van der Waals surface area contributed by atoms with Gasteiger partial charge in [-0.3, -0.25) is 0 Å². The Hall–Kier alpha value is -2.95. The Bertz CT molecular complexity index is 808. The van der Waals surface area contributed by atoms with E-state index in [4.69, 9.17) is 15.7 Å². The zero-order valence-corrected chi connectivity index (χ0v) is 14.3. The van der Waals surface area contributed by atoms with Crippen LogP contribution >= 0.6 is 0 Å². The molecule has 0 bridgehead atoms. The molecule has 2 aromatic rings. The highest BCUT2D eigenvalue weighted by Gasteiger charge is 2.15. The van der Waals surface area contributed by atoms with Crippen LogP contribution < -0.4 is 5.73 Å². The maximum atomic E-state index is 8.42. The summed E-state index contributed by atoms with van der Waals surface area (Å²) in [4.78, 5) is 4.25. The molecule has 5 nitrogen and oxygen atoms in total. The molecule has 3 N–H and O–H groups in total. The second kappa shape index (κ2) is 7.55. The Morgan fingerprint density at radius 2 is 2.17 bits per heavy atom. The maximum absolute atomic E-state index is 8.42. The molecule has 0 unspecified atom stereocenters. The van der Waals surface area contributed by atoms with E-state index >= 15 is 0 Å². The van der Waals surface area contributed by atoms with E-state index in [0.29, 0.717) is 23.5 Å². The summed E-state index contributed by atoms with van der Waals surface area (Å²) in [6.07, 6.45) is 9.63. The van der Waals surface area contributed by atoms with Crippen molar-refractivity contribution in [2.75, 3.05) is 5.73 Å². The number of anilines is 1. The summed E-state index contributed by atoms with van der Waals surface area (Å²) in [5.41, 5.74) is 10.5. The van der Waals surface area contributed by atoms with Crippen LogP contribution in [-0.2, 0) is 0 Å². The van der Waals surface area contributed by atoms with Gasteiger partial charge in [0.25, 0.3) is 0 Å². The molecule has 0 saturated carbocycles. The molecule has 24 heavy (non-hydrogen) atoms. The minimum Gasteiger partial charge on any atom is -0.383 e. The predicted octanol–water partition coefficient (Wildman–Crippen LogP) is 4.38. The Morgan fingerprint density at radius 1 is 1.42 bits per heavy atom. The average Bonchev–Trinajstić information content (AvgIpc) is 2.87. The molecule has 0 aromatic carbocycles. The molecule has 0 atom stereocenters. The van der Waals surface area contributed by atoms with Gasteiger partial charge in [0.15, 0.2) is 0 Å². The van der Waals surface area contributed by atoms with Gasteiger partial charge in [0, 0.05) is 35.0 Å². The van der Waals surface area contributed by atoms with Crippen molar-refractivity contribution >= 4 is 11.5 Å².